The fourth-order valence-electron chi connectivity index (χ4n) is 2.45. The second kappa shape index (κ2) is 11.6. The summed E-state index contributed by atoms with van der Waals surface area (Å²) in [6.07, 6.45) is 4.22. The summed E-state index contributed by atoms with van der Waals surface area (Å²) in [4.78, 5) is 33.6. The molecule has 2 rings (SSSR count). The molecule has 2 amide bonds. The van der Waals surface area contributed by atoms with Gasteiger partial charge in [0.2, 0.25) is 5.91 Å². The quantitative estimate of drug-likeness (QED) is 0.347. The molecule has 0 spiro atoms. The number of amides is 2. The second-order valence-electron chi connectivity index (χ2n) is 5.91. The fraction of sp³-hybridized carbons (Fsp3) is 0.368. The highest BCUT2D eigenvalue weighted by molar-refractivity contribution is 7.98. The number of nitrogens with zero attached hydrogens (tertiary/aromatic N) is 2. The van der Waals surface area contributed by atoms with E-state index in [0.717, 1.165) is 5.56 Å². The van der Waals surface area contributed by atoms with Crippen LogP contribution in [0.15, 0.2) is 41.7 Å². The van der Waals surface area contributed by atoms with Crippen LogP contribution in [-0.2, 0) is 16.0 Å². The van der Waals surface area contributed by atoms with Crippen molar-refractivity contribution in [2.24, 2.45) is 0 Å². The molecule has 2 N–H and O–H groups in total. The molecule has 150 valence electrons. The minimum absolute atomic E-state index is 0.0475. The fourth-order valence-corrected chi connectivity index (χ4v) is 2.96. The van der Waals surface area contributed by atoms with Gasteiger partial charge in [-0.2, -0.15) is 0 Å². The SMILES string of the molecule is COCCCNC(=O)[C@H](Cc1ccccc1)NC(=O)c1nc(SC)ncc1Cl. The zero-order valence-corrected chi connectivity index (χ0v) is 17.3. The van der Waals surface area contributed by atoms with Crippen LogP contribution >= 0.6 is 23.4 Å². The molecular weight excluding hydrogens is 400 g/mol. The molecule has 0 fully saturated rings. The molecule has 0 bridgehead atoms. The van der Waals surface area contributed by atoms with Crippen molar-refractivity contribution in [3.63, 3.8) is 0 Å². The van der Waals surface area contributed by atoms with Crippen LogP contribution in [0.1, 0.15) is 22.5 Å². The molecule has 1 atom stereocenters. The third kappa shape index (κ3) is 6.78. The summed E-state index contributed by atoms with van der Waals surface area (Å²) in [5, 5.41) is 6.14. The van der Waals surface area contributed by atoms with Crippen molar-refractivity contribution in [1.82, 2.24) is 20.6 Å². The van der Waals surface area contributed by atoms with Crippen LogP contribution in [-0.4, -0.2) is 54.3 Å². The van der Waals surface area contributed by atoms with E-state index < -0.39 is 11.9 Å². The first kappa shape index (κ1) is 22.1. The molecule has 9 heteroatoms. The molecular formula is C19H23ClN4O3S. The number of thioether (sulfide) groups is 1. The molecule has 1 aromatic heterocycles. The van der Waals surface area contributed by atoms with Gasteiger partial charge in [-0.05, 0) is 18.2 Å². The van der Waals surface area contributed by atoms with E-state index in [-0.39, 0.29) is 16.6 Å². The third-order valence-corrected chi connectivity index (χ3v) is 4.69. The molecule has 0 saturated carbocycles. The van der Waals surface area contributed by atoms with Crippen molar-refractivity contribution in [1.29, 1.82) is 0 Å². The maximum Gasteiger partial charge on any atom is 0.272 e. The number of benzene rings is 1. The number of nitrogens with one attached hydrogen (secondary N) is 2. The van der Waals surface area contributed by atoms with Gasteiger partial charge in [0.1, 0.15) is 6.04 Å². The van der Waals surface area contributed by atoms with Crippen LogP contribution in [0.4, 0.5) is 0 Å². The topological polar surface area (TPSA) is 93.2 Å². The van der Waals surface area contributed by atoms with E-state index in [1.807, 2.05) is 30.3 Å². The Morgan fingerprint density at radius 3 is 2.71 bits per heavy atom. The number of carbonyl (C=O) groups excluding carboxylic acids is 2. The summed E-state index contributed by atoms with van der Waals surface area (Å²) in [7, 11) is 1.61. The number of hydrogen-bond acceptors (Lipinski definition) is 6. The lowest BCUT2D eigenvalue weighted by Gasteiger charge is -2.19. The van der Waals surface area contributed by atoms with Crippen LogP contribution < -0.4 is 10.6 Å². The Kier molecular flexibility index (Phi) is 9.19. The number of hydrogen-bond donors (Lipinski definition) is 2. The maximum atomic E-state index is 12.7. The van der Waals surface area contributed by atoms with Gasteiger partial charge in [0.05, 0.1) is 11.2 Å². The average molecular weight is 423 g/mol. The molecule has 0 saturated heterocycles. The Hall–Kier alpha value is -2.16. The Bertz CT molecular complexity index is 792. The number of rotatable bonds is 10. The molecule has 2 aromatic rings. The van der Waals surface area contributed by atoms with Gasteiger partial charge in [0.15, 0.2) is 10.9 Å². The summed E-state index contributed by atoms with van der Waals surface area (Å²) in [5.74, 6) is -0.792. The highest BCUT2D eigenvalue weighted by Gasteiger charge is 2.24. The predicted octanol–water partition coefficient (Wildman–Crippen LogP) is 2.35. The Morgan fingerprint density at radius 2 is 2.04 bits per heavy atom. The predicted molar refractivity (Wildman–Crippen MR) is 110 cm³/mol. The van der Waals surface area contributed by atoms with E-state index in [0.29, 0.717) is 31.1 Å². The summed E-state index contributed by atoms with van der Waals surface area (Å²) < 4.78 is 4.99. The Balaban J connectivity index is 2.13. The van der Waals surface area contributed by atoms with Crippen LogP contribution in [0, 0.1) is 0 Å². The normalized spacial score (nSPS) is 11.7. The summed E-state index contributed by atoms with van der Waals surface area (Å²) in [5.41, 5.74) is 0.977. The molecule has 0 aliphatic rings. The van der Waals surface area contributed by atoms with Gasteiger partial charge in [-0.25, -0.2) is 9.97 Å². The van der Waals surface area contributed by atoms with Crippen LogP contribution in [0.25, 0.3) is 0 Å². The summed E-state index contributed by atoms with van der Waals surface area (Å²) in [6, 6.07) is 8.71. The molecule has 1 aromatic carbocycles. The summed E-state index contributed by atoms with van der Waals surface area (Å²) in [6.45, 7) is 1.00. The molecule has 0 radical (unpaired) electrons. The highest BCUT2D eigenvalue weighted by atomic mass is 35.5. The highest BCUT2D eigenvalue weighted by Crippen LogP contribution is 2.17. The largest absolute Gasteiger partial charge is 0.385 e. The lowest BCUT2D eigenvalue weighted by molar-refractivity contribution is -0.123. The minimum atomic E-state index is -0.763. The third-order valence-electron chi connectivity index (χ3n) is 3.85. The second-order valence-corrected chi connectivity index (χ2v) is 7.09. The van der Waals surface area contributed by atoms with Gasteiger partial charge >= 0.3 is 0 Å². The van der Waals surface area contributed by atoms with Crippen molar-refractivity contribution in [2.45, 2.75) is 24.0 Å². The smallest absolute Gasteiger partial charge is 0.272 e. The van der Waals surface area contributed by atoms with Crippen molar-refractivity contribution >= 4 is 35.2 Å². The van der Waals surface area contributed by atoms with Gasteiger partial charge < -0.3 is 15.4 Å². The summed E-state index contributed by atoms with van der Waals surface area (Å²) >= 11 is 7.38. The van der Waals surface area contributed by atoms with Crippen molar-refractivity contribution in [3.05, 3.63) is 52.8 Å². The van der Waals surface area contributed by atoms with Gasteiger partial charge in [0.25, 0.3) is 5.91 Å². The first-order valence-electron chi connectivity index (χ1n) is 8.73. The number of aromatic nitrogens is 2. The monoisotopic (exact) mass is 422 g/mol. The molecule has 7 nitrogen and oxygen atoms in total. The van der Waals surface area contributed by atoms with E-state index in [1.165, 1.54) is 18.0 Å². The van der Waals surface area contributed by atoms with E-state index in [1.54, 1.807) is 13.4 Å². The molecule has 28 heavy (non-hydrogen) atoms. The Morgan fingerprint density at radius 1 is 1.29 bits per heavy atom. The van der Waals surface area contributed by atoms with Gasteiger partial charge in [-0.1, -0.05) is 53.7 Å². The number of ether oxygens (including phenoxy) is 1. The van der Waals surface area contributed by atoms with Crippen molar-refractivity contribution in [2.75, 3.05) is 26.5 Å². The maximum absolute atomic E-state index is 12.7. The van der Waals surface area contributed by atoms with E-state index >= 15 is 0 Å². The zero-order valence-electron chi connectivity index (χ0n) is 15.8. The number of carbonyl (C=O) groups is 2. The van der Waals surface area contributed by atoms with Crippen molar-refractivity contribution < 1.29 is 14.3 Å². The van der Waals surface area contributed by atoms with Crippen LogP contribution in [0.2, 0.25) is 5.02 Å². The van der Waals surface area contributed by atoms with Crippen LogP contribution in [0.3, 0.4) is 0 Å². The number of methoxy groups -OCH3 is 1. The molecule has 0 unspecified atom stereocenters. The standard InChI is InChI=1S/C19H23ClN4O3S/c1-27-10-6-9-21-17(25)15(11-13-7-4-3-5-8-13)23-18(26)16-14(20)12-22-19(24-16)28-2/h3-5,7-8,12,15H,6,9-11H2,1-2H3,(H,21,25)(H,23,26)/t15-/m0/s1. The van der Waals surface area contributed by atoms with E-state index in [9.17, 15) is 9.59 Å². The lowest BCUT2D eigenvalue weighted by atomic mass is 10.0. The van der Waals surface area contributed by atoms with Crippen molar-refractivity contribution in [3.8, 4) is 0 Å². The van der Waals surface area contributed by atoms with E-state index in [4.69, 9.17) is 16.3 Å². The van der Waals surface area contributed by atoms with Gasteiger partial charge in [-0.15, -0.1) is 0 Å². The molecule has 0 aliphatic heterocycles. The molecule has 1 heterocycles. The van der Waals surface area contributed by atoms with E-state index in [2.05, 4.69) is 20.6 Å². The van der Waals surface area contributed by atoms with Gasteiger partial charge in [0, 0.05) is 26.7 Å². The molecule has 0 aliphatic carbocycles. The number of halogens is 1. The minimum Gasteiger partial charge on any atom is -0.385 e. The first-order chi connectivity index (χ1) is 13.5. The average Bonchev–Trinajstić information content (AvgIpc) is 2.71. The Labute approximate surface area is 173 Å². The zero-order chi connectivity index (χ0) is 20.4. The van der Waals surface area contributed by atoms with Crippen LogP contribution in [0.5, 0.6) is 0 Å². The van der Waals surface area contributed by atoms with Gasteiger partial charge in [-0.3, -0.25) is 9.59 Å². The lowest BCUT2D eigenvalue weighted by Crippen LogP contribution is -2.48. The first-order valence-corrected chi connectivity index (χ1v) is 10.3.